The summed E-state index contributed by atoms with van der Waals surface area (Å²) in [5, 5.41) is 16.0. The Hall–Kier alpha value is -2.16. The van der Waals surface area contributed by atoms with Crippen LogP contribution in [0.25, 0.3) is 4.96 Å². The molecule has 1 aliphatic heterocycles. The minimum absolute atomic E-state index is 0.0770. The van der Waals surface area contributed by atoms with Crippen molar-refractivity contribution in [1.82, 2.24) is 14.6 Å². The van der Waals surface area contributed by atoms with Crippen molar-refractivity contribution in [3.8, 4) is 5.88 Å². The lowest BCUT2D eigenvalue weighted by Crippen LogP contribution is -3.13. The van der Waals surface area contributed by atoms with E-state index in [0.717, 1.165) is 36.4 Å². The molecule has 0 unspecified atom stereocenters. The van der Waals surface area contributed by atoms with Gasteiger partial charge in [-0.05, 0) is 12.1 Å². The molecule has 3 heterocycles. The second-order valence-electron chi connectivity index (χ2n) is 7.19. The first-order chi connectivity index (χ1) is 13.5. The van der Waals surface area contributed by atoms with Gasteiger partial charge in [-0.2, -0.15) is 4.52 Å². The van der Waals surface area contributed by atoms with Gasteiger partial charge in [-0.15, -0.1) is 5.10 Å². The summed E-state index contributed by atoms with van der Waals surface area (Å²) in [6.07, 6.45) is 2.19. The molecule has 9 heteroatoms. The van der Waals surface area contributed by atoms with E-state index in [1.165, 1.54) is 20.8 Å². The van der Waals surface area contributed by atoms with Gasteiger partial charge >= 0.3 is 0 Å². The standard InChI is InChI=1S/C19H22ClN5O2S/c1-2-14-22-19-25(23-14)18(27)16(28-19)15(12-4-3-5-13(20)10-12)24-8-6-11(7-9-24)17(21)26/h3-5,10-11,15,27H,2,6-9H2,1H3,(H2,21,26)/p+1/t15-/m0/s1. The molecular formula is C19H23ClN5O2S+. The number of carbonyl (C=O) groups is 1. The largest absolute Gasteiger partial charge is 0.492 e. The molecule has 7 nitrogen and oxygen atoms in total. The lowest BCUT2D eigenvalue weighted by atomic mass is 9.93. The van der Waals surface area contributed by atoms with Crippen LogP contribution in [-0.2, 0) is 11.2 Å². The van der Waals surface area contributed by atoms with Crippen LogP contribution in [0.15, 0.2) is 24.3 Å². The van der Waals surface area contributed by atoms with Crippen LogP contribution >= 0.6 is 22.9 Å². The average Bonchev–Trinajstić information content (AvgIpc) is 3.22. The number of hydrogen-bond donors (Lipinski definition) is 3. The molecule has 1 aliphatic rings. The summed E-state index contributed by atoms with van der Waals surface area (Å²) in [5.74, 6) is 0.530. The molecule has 148 valence electrons. The molecule has 1 fully saturated rings. The van der Waals surface area contributed by atoms with Gasteiger partial charge in [0.2, 0.25) is 16.7 Å². The molecule has 0 saturated carbocycles. The Kier molecular flexibility index (Phi) is 5.27. The van der Waals surface area contributed by atoms with Gasteiger partial charge in [0, 0.05) is 35.8 Å². The number of likely N-dealkylation sites (tertiary alicyclic amines) is 1. The van der Waals surface area contributed by atoms with Crippen LogP contribution in [0, 0.1) is 5.92 Å². The van der Waals surface area contributed by atoms with E-state index >= 15 is 0 Å². The molecule has 0 radical (unpaired) electrons. The van der Waals surface area contributed by atoms with Crippen molar-refractivity contribution < 1.29 is 14.8 Å². The summed E-state index contributed by atoms with van der Waals surface area (Å²) in [4.78, 5) is 18.8. The number of halogens is 1. The van der Waals surface area contributed by atoms with Gasteiger partial charge in [0.25, 0.3) is 0 Å². The van der Waals surface area contributed by atoms with Crippen LogP contribution in [0.3, 0.4) is 0 Å². The number of thiazole rings is 1. The van der Waals surface area contributed by atoms with E-state index in [4.69, 9.17) is 17.3 Å². The Morgan fingerprint density at radius 2 is 2.21 bits per heavy atom. The number of nitrogens with two attached hydrogens (primary N) is 1. The van der Waals surface area contributed by atoms with Gasteiger partial charge in [-0.25, -0.2) is 4.98 Å². The fourth-order valence-corrected chi connectivity index (χ4v) is 5.31. The van der Waals surface area contributed by atoms with Gasteiger partial charge in [0.15, 0.2) is 11.9 Å². The zero-order valence-electron chi connectivity index (χ0n) is 15.6. The Morgan fingerprint density at radius 3 is 2.82 bits per heavy atom. The topological polar surface area (TPSA) is 98.0 Å². The zero-order chi connectivity index (χ0) is 19.8. The fourth-order valence-electron chi connectivity index (χ4n) is 3.95. The zero-order valence-corrected chi connectivity index (χ0v) is 17.1. The molecular weight excluding hydrogens is 398 g/mol. The number of nitrogens with one attached hydrogen (secondary N) is 1. The maximum Gasteiger partial charge on any atom is 0.235 e. The van der Waals surface area contributed by atoms with Crippen molar-refractivity contribution in [3.63, 3.8) is 0 Å². The molecule has 3 aromatic rings. The van der Waals surface area contributed by atoms with Crippen LogP contribution in [0.4, 0.5) is 0 Å². The van der Waals surface area contributed by atoms with E-state index in [-0.39, 0.29) is 23.7 Å². The third kappa shape index (κ3) is 3.47. The van der Waals surface area contributed by atoms with Crippen molar-refractivity contribution in [1.29, 1.82) is 0 Å². The molecule has 4 N–H and O–H groups in total. The fraction of sp³-hybridized carbons (Fsp3) is 0.421. The Balaban J connectivity index is 1.74. The third-order valence-corrected chi connectivity index (χ3v) is 6.76. The number of amides is 1. The van der Waals surface area contributed by atoms with Crippen LogP contribution < -0.4 is 10.6 Å². The number of quaternary nitrogens is 1. The second-order valence-corrected chi connectivity index (χ2v) is 8.63. The minimum atomic E-state index is -0.230. The quantitative estimate of drug-likeness (QED) is 0.583. The highest BCUT2D eigenvalue weighted by Gasteiger charge is 2.36. The van der Waals surface area contributed by atoms with E-state index in [1.807, 2.05) is 31.2 Å². The number of aromatic nitrogens is 3. The van der Waals surface area contributed by atoms with E-state index in [2.05, 4.69) is 10.1 Å². The van der Waals surface area contributed by atoms with Crippen molar-refractivity contribution in [2.75, 3.05) is 13.1 Å². The Bertz CT molecular complexity index is 1010. The molecule has 1 atom stereocenters. The Morgan fingerprint density at radius 1 is 1.46 bits per heavy atom. The van der Waals surface area contributed by atoms with Crippen molar-refractivity contribution in [2.24, 2.45) is 11.7 Å². The summed E-state index contributed by atoms with van der Waals surface area (Å²) < 4.78 is 1.52. The highest BCUT2D eigenvalue weighted by molar-refractivity contribution is 7.17. The number of aryl methyl sites for hydroxylation is 1. The summed E-state index contributed by atoms with van der Waals surface area (Å²) >= 11 is 7.71. The number of hydrogen-bond acceptors (Lipinski definition) is 5. The van der Waals surface area contributed by atoms with Crippen molar-refractivity contribution >= 4 is 33.8 Å². The average molecular weight is 421 g/mol. The lowest BCUT2D eigenvalue weighted by molar-refractivity contribution is -0.930. The molecule has 0 aliphatic carbocycles. The summed E-state index contributed by atoms with van der Waals surface area (Å²) in [6, 6.07) is 7.62. The molecule has 1 saturated heterocycles. The van der Waals surface area contributed by atoms with Gasteiger partial charge in [-0.3, -0.25) is 4.79 Å². The maximum atomic E-state index is 11.6. The highest BCUT2D eigenvalue weighted by atomic mass is 35.5. The van der Waals surface area contributed by atoms with E-state index in [1.54, 1.807) is 0 Å². The van der Waals surface area contributed by atoms with Crippen molar-refractivity contribution in [3.05, 3.63) is 45.6 Å². The van der Waals surface area contributed by atoms with Crippen LogP contribution in [0.2, 0.25) is 5.02 Å². The number of nitrogens with zero attached hydrogens (tertiary/aromatic N) is 3. The van der Waals surface area contributed by atoms with E-state index < -0.39 is 0 Å². The van der Waals surface area contributed by atoms with Gasteiger partial charge in [-0.1, -0.05) is 42.0 Å². The van der Waals surface area contributed by atoms with E-state index in [9.17, 15) is 9.90 Å². The Labute approximate surface area is 171 Å². The summed E-state index contributed by atoms with van der Waals surface area (Å²) in [6.45, 7) is 3.56. The van der Waals surface area contributed by atoms with Crippen LogP contribution in [-0.4, -0.2) is 38.7 Å². The van der Waals surface area contributed by atoms with E-state index in [0.29, 0.717) is 22.2 Å². The SMILES string of the molecule is CCc1nc2sc([C@H](c3cccc(Cl)c3)[NH+]3CCC(C(N)=O)CC3)c(O)n2n1. The minimum Gasteiger partial charge on any atom is -0.492 e. The second kappa shape index (κ2) is 7.69. The molecule has 28 heavy (non-hydrogen) atoms. The smallest absolute Gasteiger partial charge is 0.235 e. The van der Waals surface area contributed by atoms with Gasteiger partial charge < -0.3 is 15.7 Å². The monoisotopic (exact) mass is 420 g/mol. The first-order valence-electron chi connectivity index (χ1n) is 9.44. The third-order valence-electron chi connectivity index (χ3n) is 5.44. The number of rotatable bonds is 5. The summed E-state index contributed by atoms with van der Waals surface area (Å²) in [5.41, 5.74) is 6.52. The number of primary amides is 1. The van der Waals surface area contributed by atoms with Crippen LogP contribution in [0.5, 0.6) is 5.88 Å². The number of carbonyl (C=O) groups excluding carboxylic acids is 1. The predicted molar refractivity (Wildman–Crippen MR) is 108 cm³/mol. The van der Waals surface area contributed by atoms with Gasteiger partial charge in [0.1, 0.15) is 4.88 Å². The molecule has 1 amide bonds. The molecule has 4 rings (SSSR count). The first-order valence-corrected chi connectivity index (χ1v) is 10.6. The molecule has 2 aromatic heterocycles. The number of fused-ring (bicyclic) bond motifs is 1. The molecule has 0 bridgehead atoms. The maximum absolute atomic E-state index is 11.6. The lowest BCUT2D eigenvalue weighted by Gasteiger charge is -2.33. The number of benzene rings is 1. The van der Waals surface area contributed by atoms with Crippen LogP contribution in [0.1, 0.15) is 42.1 Å². The number of piperidine rings is 1. The molecule has 1 aromatic carbocycles. The highest BCUT2D eigenvalue weighted by Crippen LogP contribution is 2.36. The van der Waals surface area contributed by atoms with Crippen molar-refractivity contribution in [2.45, 2.75) is 32.2 Å². The predicted octanol–water partition coefficient (Wildman–Crippen LogP) is 1.58. The normalized spacial score (nSPS) is 21.1. The van der Waals surface area contributed by atoms with Gasteiger partial charge in [0.05, 0.1) is 13.1 Å². The number of aromatic hydroxyl groups is 1. The molecule has 0 spiro atoms. The first kappa shape index (κ1) is 19.2. The summed E-state index contributed by atoms with van der Waals surface area (Å²) in [7, 11) is 0.